The average molecular weight is 272 g/mol. The molecule has 0 amide bonds. The first-order valence-electron chi connectivity index (χ1n) is 5.73. The van der Waals surface area contributed by atoms with Crippen LogP contribution in [-0.2, 0) is 9.84 Å². The molecule has 0 aromatic heterocycles. The normalized spacial score (nSPS) is 22.2. The molecule has 2 nitrogen and oxygen atoms in total. The molecule has 0 bridgehead atoms. The van der Waals surface area contributed by atoms with Crippen molar-refractivity contribution in [2.75, 3.05) is 6.26 Å². The van der Waals surface area contributed by atoms with E-state index in [1.165, 1.54) is 11.8 Å². The van der Waals surface area contributed by atoms with Crippen molar-refractivity contribution in [3.05, 3.63) is 39.7 Å². The molecule has 0 aromatic rings. The summed E-state index contributed by atoms with van der Waals surface area (Å²) in [5, 5.41) is 0.466. The lowest BCUT2D eigenvalue weighted by Crippen LogP contribution is -2.10. The first-order valence-corrected chi connectivity index (χ1v) is 8.00. The number of rotatable bonds is 1. The predicted octanol–water partition coefficient (Wildman–Crippen LogP) is 3.52. The molecule has 0 heterocycles. The molecule has 0 aromatic carbocycles. The van der Waals surface area contributed by atoms with Crippen LogP contribution in [0, 0.1) is 6.92 Å². The fourth-order valence-corrected chi connectivity index (χ4v) is 3.66. The van der Waals surface area contributed by atoms with Crippen molar-refractivity contribution in [2.24, 2.45) is 0 Å². The molecule has 0 saturated heterocycles. The molecular formula is C13H16ClO2S. The number of hydrogen-bond acceptors (Lipinski definition) is 2. The van der Waals surface area contributed by atoms with E-state index in [9.17, 15) is 8.42 Å². The van der Waals surface area contributed by atoms with Gasteiger partial charge in [-0.05, 0) is 56.3 Å². The van der Waals surface area contributed by atoms with E-state index in [0.29, 0.717) is 16.4 Å². The summed E-state index contributed by atoms with van der Waals surface area (Å²) in [6.07, 6.45) is 7.70. The van der Waals surface area contributed by atoms with Gasteiger partial charge in [0, 0.05) is 11.3 Å². The first-order chi connectivity index (χ1) is 7.89. The summed E-state index contributed by atoms with van der Waals surface area (Å²) < 4.78 is 23.6. The van der Waals surface area contributed by atoms with Crippen LogP contribution >= 0.6 is 11.6 Å². The third-order valence-corrected chi connectivity index (χ3v) is 4.86. The molecule has 4 heteroatoms. The Hall–Kier alpha value is -0.540. The molecule has 1 saturated carbocycles. The van der Waals surface area contributed by atoms with Gasteiger partial charge in [0.1, 0.15) is 0 Å². The van der Waals surface area contributed by atoms with Gasteiger partial charge in [-0.2, -0.15) is 0 Å². The van der Waals surface area contributed by atoms with Crippen molar-refractivity contribution in [2.45, 2.75) is 32.1 Å². The maximum atomic E-state index is 11.8. The highest BCUT2D eigenvalue weighted by Gasteiger charge is 2.25. The molecule has 1 fully saturated rings. The highest BCUT2D eigenvalue weighted by atomic mass is 35.5. The second-order valence-corrected chi connectivity index (χ2v) is 7.09. The molecule has 0 aliphatic heterocycles. The second-order valence-electron chi connectivity index (χ2n) is 4.70. The summed E-state index contributed by atoms with van der Waals surface area (Å²) in [4.78, 5) is 0.395. The summed E-state index contributed by atoms with van der Waals surface area (Å²) in [5.41, 5.74) is 3.03. The van der Waals surface area contributed by atoms with E-state index in [-0.39, 0.29) is 0 Å². The fourth-order valence-electron chi connectivity index (χ4n) is 2.42. The second kappa shape index (κ2) is 4.62. The smallest absolute Gasteiger partial charge is 0.175 e. The van der Waals surface area contributed by atoms with E-state index in [4.69, 9.17) is 11.6 Å². The quantitative estimate of drug-likeness (QED) is 0.731. The Balaban J connectivity index is 2.55. The monoisotopic (exact) mass is 271 g/mol. The fraction of sp³-hybridized carbons (Fsp3) is 0.462. The van der Waals surface area contributed by atoms with Crippen LogP contribution in [0.4, 0.5) is 0 Å². The van der Waals surface area contributed by atoms with E-state index in [2.05, 4.69) is 6.92 Å². The van der Waals surface area contributed by atoms with Gasteiger partial charge in [0.2, 0.25) is 0 Å². The molecule has 2 rings (SSSR count). The van der Waals surface area contributed by atoms with Crippen LogP contribution < -0.4 is 0 Å². The molecule has 2 aliphatic rings. The van der Waals surface area contributed by atoms with E-state index >= 15 is 0 Å². The lowest BCUT2D eigenvalue weighted by Gasteiger charge is -2.19. The van der Waals surface area contributed by atoms with Gasteiger partial charge in [-0.3, -0.25) is 0 Å². The largest absolute Gasteiger partial charge is 0.224 e. The van der Waals surface area contributed by atoms with Gasteiger partial charge in [-0.1, -0.05) is 17.2 Å². The van der Waals surface area contributed by atoms with Crippen LogP contribution in [0.1, 0.15) is 32.1 Å². The van der Waals surface area contributed by atoms with E-state index in [0.717, 1.165) is 36.8 Å². The lowest BCUT2D eigenvalue weighted by atomic mass is 9.95. The zero-order valence-electron chi connectivity index (χ0n) is 9.92. The SMILES string of the molecule is [CH2]C1=C(Cl)C=C(S(C)(=O)=O)C(=C2CCCC2)C1. The van der Waals surface area contributed by atoms with Crippen LogP contribution in [0.5, 0.6) is 0 Å². The third-order valence-electron chi connectivity index (χ3n) is 3.32. The van der Waals surface area contributed by atoms with Crippen molar-refractivity contribution in [1.29, 1.82) is 0 Å². The van der Waals surface area contributed by atoms with E-state index in [1.807, 2.05) is 0 Å². The molecule has 2 aliphatic carbocycles. The molecule has 1 radical (unpaired) electrons. The molecule has 0 unspecified atom stereocenters. The Labute approximate surface area is 108 Å². The van der Waals surface area contributed by atoms with E-state index in [1.54, 1.807) is 6.08 Å². The minimum absolute atomic E-state index is 0.395. The molecule has 0 spiro atoms. The minimum atomic E-state index is -3.21. The summed E-state index contributed by atoms with van der Waals surface area (Å²) >= 11 is 5.99. The van der Waals surface area contributed by atoms with Crippen molar-refractivity contribution in [3.8, 4) is 0 Å². The zero-order chi connectivity index (χ0) is 12.6. The number of sulfone groups is 1. The van der Waals surface area contributed by atoms with Crippen LogP contribution in [0.15, 0.2) is 32.7 Å². The summed E-state index contributed by atoms with van der Waals surface area (Å²) in [6, 6.07) is 0. The third kappa shape index (κ3) is 2.66. The Bertz CT molecular complexity index is 528. The summed E-state index contributed by atoms with van der Waals surface area (Å²) in [7, 11) is -3.21. The standard InChI is InChI=1S/C13H16ClO2S/c1-9-7-11(10-5-3-4-6-10)13(8-12(9)14)17(2,15)16/h8H,1,3-7H2,2H3. The highest BCUT2D eigenvalue weighted by Crippen LogP contribution is 2.39. The summed E-state index contributed by atoms with van der Waals surface area (Å²) in [6.45, 7) is 3.89. The van der Waals surface area contributed by atoms with Crippen LogP contribution in [0.25, 0.3) is 0 Å². The number of allylic oxidation sites excluding steroid dienone is 5. The Kier molecular flexibility index (Phi) is 3.50. The van der Waals surface area contributed by atoms with Crippen molar-refractivity contribution >= 4 is 21.4 Å². The molecule has 93 valence electrons. The summed E-state index contributed by atoms with van der Waals surface area (Å²) in [5.74, 6) is 0. The van der Waals surface area contributed by atoms with E-state index < -0.39 is 9.84 Å². The van der Waals surface area contributed by atoms with Crippen LogP contribution in [-0.4, -0.2) is 14.7 Å². The zero-order valence-corrected chi connectivity index (χ0v) is 11.5. The Morgan fingerprint density at radius 2 is 1.88 bits per heavy atom. The maximum absolute atomic E-state index is 11.8. The minimum Gasteiger partial charge on any atom is -0.224 e. The van der Waals surface area contributed by atoms with Gasteiger partial charge < -0.3 is 0 Å². The topological polar surface area (TPSA) is 34.1 Å². The molecule has 0 atom stereocenters. The average Bonchev–Trinajstić information content (AvgIpc) is 2.73. The lowest BCUT2D eigenvalue weighted by molar-refractivity contribution is 0.607. The van der Waals surface area contributed by atoms with Crippen molar-refractivity contribution in [1.82, 2.24) is 0 Å². The van der Waals surface area contributed by atoms with Crippen molar-refractivity contribution in [3.63, 3.8) is 0 Å². The van der Waals surface area contributed by atoms with Gasteiger partial charge in [0.15, 0.2) is 9.84 Å². The Morgan fingerprint density at radius 1 is 1.29 bits per heavy atom. The first kappa shape index (κ1) is 12.9. The molecule has 0 N–H and O–H groups in total. The van der Waals surface area contributed by atoms with Gasteiger partial charge >= 0.3 is 0 Å². The van der Waals surface area contributed by atoms with Gasteiger partial charge in [0.05, 0.1) is 4.91 Å². The van der Waals surface area contributed by atoms with Crippen LogP contribution in [0.2, 0.25) is 0 Å². The predicted molar refractivity (Wildman–Crippen MR) is 71.3 cm³/mol. The van der Waals surface area contributed by atoms with Crippen LogP contribution in [0.3, 0.4) is 0 Å². The molecule has 17 heavy (non-hydrogen) atoms. The maximum Gasteiger partial charge on any atom is 0.175 e. The highest BCUT2D eigenvalue weighted by molar-refractivity contribution is 7.94. The number of hydrogen-bond donors (Lipinski definition) is 0. The van der Waals surface area contributed by atoms with Crippen molar-refractivity contribution < 1.29 is 8.42 Å². The Morgan fingerprint density at radius 3 is 2.41 bits per heavy atom. The molecular weight excluding hydrogens is 256 g/mol. The van der Waals surface area contributed by atoms with Gasteiger partial charge in [-0.25, -0.2) is 8.42 Å². The van der Waals surface area contributed by atoms with Gasteiger partial charge in [0.25, 0.3) is 0 Å². The number of halogens is 1. The van der Waals surface area contributed by atoms with Gasteiger partial charge in [-0.15, -0.1) is 0 Å².